The van der Waals surface area contributed by atoms with Crippen LogP contribution in [0.15, 0.2) is 30.3 Å². The van der Waals surface area contributed by atoms with Crippen LogP contribution in [0.5, 0.6) is 5.75 Å². The van der Waals surface area contributed by atoms with Crippen molar-refractivity contribution in [3.8, 4) is 5.75 Å². The van der Waals surface area contributed by atoms with Gasteiger partial charge in [0.25, 0.3) is 5.91 Å². The highest BCUT2D eigenvalue weighted by molar-refractivity contribution is 7.18. The average molecular weight is 423 g/mol. The van der Waals surface area contributed by atoms with Crippen LogP contribution in [0.2, 0.25) is 4.34 Å². The summed E-state index contributed by atoms with van der Waals surface area (Å²) >= 11 is 6.96. The number of hydrogen-bond donors (Lipinski definition) is 2. The van der Waals surface area contributed by atoms with Crippen LogP contribution in [0, 0.1) is 6.92 Å². The minimum absolute atomic E-state index is 0.0368. The Morgan fingerprint density at radius 2 is 1.79 bits per heavy atom. The number of hydrogen-bond acceptors (Lipinski definition) is 5. The maximum Gasteiger partial charge on any atom is 0.276 e. The van der Waals surface area contributed by atoms with Crippen molar-refractivity contribution in [1.82, 2.24) is 10.9 Å². The molecule has 0 fully saturated rings. The molecule has 0 aliphatic carbocycles. The van der Waals surface area contributed by atoms with Crippen LogP contribution in [0.4, 0.5) is 0 Å². The predicted octanol–water partition coefficient (Wildman–Crippen LogP) is 4.02. The summed E-state index contributed by atoms with van der Waals surface area (Å²) < 4.78 is 6.13. The van der Waals surface area contributed by atoms with Gasteiger partial charge in [0.15, 0.2) is 12.4 Å². The van der Waals surface area contributed by atoms with Crippen LogP contribution < -0.4 is 15.6 Å². The number of aryl methyl sites for hydroxylation is 1. The van der Waals surface area contributed by atoms with Crippen LogP contribution in [0.1, 0.15) is 53.4 Å². The number of carbonyl (C=O) groups is 3. The lowest BCUT2D eigenvalue weighted by Crippen LogP contribution is -2.43. The number of halogens is 1. The maximum atomic E-state index is 11.9. The molecule has 2 aromatic rings. The number of nitrogens with one attached hydrogen (secondary N) is 2. The van der Waals surface area contributed by atoms with Gasteiger partial charge in [0.2, 0.25) is 5.91 Å². The van der Waals surface area contributed by atoms with Crippen LogP contribution in [0.3, 0.4) is 0 Å². The Labute approximate surface area is 173 Å². The number of benzene rings is 1. The summed E-state index contributed by atoms with van der Waals surface area (Å²) in [5.41, 5.74) is 6.62. The Morgan fingerprint density at radius 3 is 2.43 bits per heavy atom. The first-order valence-electron chi connectivity index (χ1n) is 8.86. The number of ether oxygens (including phenoxy) is 1. The molecule has 150 valence electrons. The molecule has 0 atom stereocenters. The summed E-state index contributed by atoms with van der Waals surface area (Å²) in [7, 11) is 0. The van der Waals surface area contributed by atoms with Gasteiger partial charge in [0.1, 0.15) is 5.75 Å². The third-order valence-corrected chi connectivity index (χ3v) is 5.19. The van der Waals surface area contributed by atoms with E-state index >= 15 is 0 Å². The molecular weight excluding hydrogens is 400 g/mol. The molecule has 0 saturated carbocycles. The van der Waals surface area contributed by atoms with Gasteiger partial charge >= 0.3 is 0 Å². The molecule has 1 aromatic carbocycles. The van der Waals surface area contributed by atoms with Crippen molar-refractivity contribution in [1.29, 1.82) is 0 Å². The topological polar surface area (TPSA) is 84.5 Å². The van der Waals surface area contributed by atoms with E-state index in [4.69, 9.17) is 16.3 Å². The van der Waals surface area contributed by atoms with Gasteiger partial charge in [-0.1, -0.05) is 37.6 Å². The Kier molecular flexibility index (Phi) is 8.02. The third kappa shape index (κ3) is 6.65. The maximum absolute atomic E-state index is 11.9. The average Bonchev–Trinajstić information content (AvgIpc) is 3.09. The molecule has 0 bridgehead atoms. The molecule has 1 heterocycles. The third-order valence-electron chi connectivity index (χ3n) is 3.92. The quantitative estimate of drug-likeness (QED) is 0.497. The van der Waals surface area contributed by atoms with Crippen molar-refractivity contribution in [3.05, 3.63) is 50.7 Å². The lowest BCUT2D eigenvalue weighted by atomic mass is 10.0. The molecule has 1 aromatic heterocycles. The summed E-state index contributed by atoms with van der Waals surface area (Å²) in [4.78, 5) is 36.2. The summed E-state index contributed by atoms with van der Waals surface area (Å²) in [6.45, 7) is 5.81. The highest BCUT2D eigenvalue weighted by atomic mass is 35.5. The van der Waals surface area contributed by atoms with Crippen LogP contribution >= 0.6 is 22.9 Å². The van der Waals surface area contributed by atoms with E-state index in [1.54, 1.807) is 12.1 Å². The number of amides is 2. The van der Waals surface area contributed by atoms with Crippen LogP contribution in [0.25, 0.3) is 0 Å². The molecular formula is C20H23ClN2O4S. The van der Waals surface area contributed by atoms with E-state index in [9.17, 15) is 14.4 Å². The van der Waals surface area contributed by atoms with E-state index < -0.39 is 11.8 Å². The van der Waals surface area contributed by atoms with Gasteiger partial charge in [0, 0.05) is 12.8 Å². The number of rotatable bonds is 8. The van der Waals surface area contributed by atoms with Gasteiger partial charge < -0.3 is 4.74 Å². The van der Waals surface area contributed by atoms with E-state index in [1.807, 2.05) is 39.0 Å². The van der Waals surface area contributed by atoms with Crippen molar-refractivity contribution in [2.45, 2.75) is 39.5 Å². The molecule has 0 aliphatic heterocycles. The predicted molar refractivity (Wildman–Crippen MR) is 110 cm³/mol. The molecule has 8 heteroatoms. The smallest absolute Gasteiger partial charge is 0.276 e. The first-order chi connectivity index (χ1) is 13.3. The Hall–Kier alpha value is -2.38. The highest BCUT2D eigenvalue weighted by Gasteiger charge is 2.13. The molecule has 0 aliphatic rings. The molecule has 0 radical (unpaired) electrons. The summed E-state index contributed by atoms with van der Waals surface area (Å²) in [6, 6.07) is 9.12. The molecule has 0 unspecified atom stereocenters. The Morgan fingerprint density at radius 1 is 1.07 bits per heavy atom. The van der Waals surface area contributed by atoms with E-state index in [0.29, 0.717) is 15.0 Å². The van der Waals surface area contributed by atoms with Crippen molar-refractivity contribution in [3.63, 3.8) is 0 Å². The second kappa shape index (κ2) is 10.2. The molecule has 6 nitrogen and oxygen atoms in total. The first kappa shape index (κ1) is 21.9. The second-order valence-electron chi connectivity index (χ2n) is 6.61. The van der Waals surface area contributed by atoms with Gasteiger partial charge in [-0.25, -0.2) is 0 Å². The van der Waals surface area contributed by atoms with E-state index in [-0.39, 0.29) is 31.1 Å². The number of ketones is 1. The number of hydrazine groups is 1. The largest absolute Gasteiger partial charge is 0.483 e. The normalized spacial score (nSPS) is 10.6. The lowest BCUT2D eigenvalue weighted by Gasteiger charge is -2.15. The van der Waals surface area contributed by atoms with Gasteiger partial charge in [-0.05, 0) is 42.2 Å². The standard InChI is InChI=1S/C20H23ClN2O4S/c1-12(2)14-5-4-13(3)10-16(14)27-11-20(26)23-22-19(25)9-6-15(24)17-7-8-18(21)28-17/h4-5,7-8,10,12H,6,9,11H2,1-3H3,(H,22,25)(H,23,26). The lowest BCUT2D eigenvalue weighted by molar-refractivity contribution is -0.130. The van der Waals surface area contributed by atoms with Crippen molar-refractivity contribution in [2.24, 2.45) is 0 Å². The number of carbonyl (C=O) groups excluding carboxylic acids is 3. The SMILES string of the molecule is Cc1ccc(C(C)C)c(OCC(=O)NNC(=O)CCC(=O)c2ccc(Cl)s2)c1. The van der Waals surface area contributed by atoms with Crippen molar-refractivity contribution in [2.75, 3.05) is 6.61 Å². The summed E-state index contributed by atoms with van der Waals surface area (Å²) in [5, 5.41) is 0. The fourth-order valence-corrected chi connectivity index (χ4v) is 3.45. The summed E-state index contributed by atoms with van der Waals surface area (Å²) in [6.07, 6.45) is 0.000946. The molecule has 28 heavy (non-hydrogen) atoms. The van der Waals surface area contributed by atoms with Gasteiger partial charge in [-0.2, -0.15) is 0 Å². The van der Waals surface area contributed by atoms with E-state index in [1.165, 1.54) is 11.3 Å². The molecule has 2 rings (SSSR count). The number of Topliss-reactive ketones (excluding diaryl/α,β-unsaturated/α-hetero) is 1. The second-order valence-corrected chi connectivity index (χ2v) is 8.32. The van der Waals surface area contributed by atoms with E-state index in [2.05, 4.69) is 10.9 Å². The molecule has 0 saturated heterocycles. The minimum atomic E-state index is -0.485. The molecule has 2 amide bonds. The van der Waals surface area contributed by atoms with Gasteiger partial charge in [0.05, 0.1) is 9.21 Å². The zero-order valence-electron chi connectivity index (χ0n) is 16.0. The fourth-order valence-electron chi connectivity index (χ4n) is 2.44. The van der Waals surface area contributed by atoms with Crippen molar-refractivity contribution >= 4 is 40.5 Å². The summed E-state index contributed by atoms with van der Waals surface area (Å²) in [5.74, 6) is -0.197. The molecule has 2 N–H and O–H groups in total. The monoisotopic (exact) mass is 422 g/mol. The fraction of sp³-hybridized carbons (Fsp3) is 0.350. The van der Waals surface area contributed by atoms with Crippen LogP contribution in [-0.4, -0.2) is 24.2 Å². The van der Waals surface area contributed by atoms with E-state index in [0.717, 1.165) is 11.1 Å². The molecule has 0 spiro atoms. The zero-order chi connectivity index (χ0) is 20.7. The Bertz CT molecular complexity index is 864. The van der Waals surface area contributed by atoms with Crippen LogP contribution in [-0.2, 0) is 9.59 Å². The van der Waals surface area contributed by atoms with Gasteiger partial charge in [-0.3, -0.25) is 25.2 Å². The minimum Gasteiger partial charge on any atom is -0.483 e. The Balaban J connectivity index is 1.74. The van der Waals surface area contributed by atoms with Gasteiger partial charge in [-0.15, -0.1) is 11.3 Å². The first-order valence-corrected chi connectivity index (χ1v) is 10.0. The van der Waals surface area contributed by atoms with Crippen molar-refractivity contribution < 1.29 is 19.1 Å². The number of thiophene rings is 1. The highest BCUT2D eigenvalue weighted by Crippen LogP contribution is 2.27. The zero-order valence-corrected chi connectivity index (χ0v) is 17.6.